The van der Waals surface area contributed by atoms with Crippen molar-refractivity contribution < 1.29 is 4.79 Å². The first-order valence-corrected chi connectivity index (χ1v) is 6.03. The number of anilines is 1. The number of hydrogen-bond acceptors (Lipinski definition) is 3. The summed E-state index contributed by atoms with van der Waals surface area (Å²) in [6.45, 7) is 2.76. The van der Waals surface area contributed by atoms with E-state index >= 15 is 0 Å². The van der Waals surface area contributed by atoms with Crippen LogP contribution >= 0.6 is 0 Å². The third-order valence-electron chi connectivity index (χ3n) is 2.92. The second kappa shape index (κ2) is 4.56. The third-order valence-corrected chi connectivity index (χ3v) is 2.92. The second-order valence-electron chi connectivity index (χ2n) is 4.21. The monoisotopic (exact) mass is 255 g/mol. The molecule has 1 aromatic carbocycles. The molecule has 2 heterocycles. The molecule has 0 saturated carbocycles. The molecule has 0 bridgehead atoms. The first kappa shape index (κ1) is 11.5. The average Bonchev–Trinajstić information content (AvgIpc) is 3.05. The number of aromatic amines is 1. The standard InChI is InChI=1S/C13H13N5O/c1-2-18-8-11(7-15-18)16-13(19)9-3-4-10-6-14-17-12(10)5-9/h3-8H,2H2,1H3,(H,14,17)(H,16,19). The summed E-state index contributed by atoms with van der Waals surface area (Å²) in [5.74, 6) is -0.160. The third kappa shape index (κ3) is 2.20. The van der Waals surface area contributed by atoms with Gasteiger partial charge in [-0.2, -0.15) is 10.2 Å². The van der Waals surface area contributed by atoms with Gasteiger partial charge in [-0.15, -0.1) is 0 Å². The molecule has 3 aromatic rings. The van der Waals surface area contributed by atoms with Gasteiger partial charge in [-0.1, -0.05) is 6.07 Å². The molecule has 0 unspecified atom stereocenters. The van der Waals surface area contributed by atoms with E-state index in [-0.39, 0.29) is 5.91 Å². The van der Waals surface area contributed by atoms with Crippen LogP contribution < -0.4 is 5.32 Å². The lowest BCUT2D eigenvalue weighted by Crippen LogP contribution is -2.11. The molecule has 0 atom stereocenters. The summed E-state index contributed by atoms with van der Waals surface area (Å²) < 4.78 is 1.76. The molecule has 0 saturated heterocycles. The summed E-state index contributed by atoms with van der Waals surface area (Å²) in [5.41, 5.74) is 2.12. The zero-order chi connectivity index (χ0) is 13.2. The first-order valence-electron chi connectivity index (χ1n) is 6.03. The fourth-order valence-corrected chi connectivity index (χ4v) is 1.88. The molecule has 96 valence electrons. The summed E-state index contributed by atoms with van der Waals surface area (Å²) in [5, 5.41) is 14.7. The molecular formula is C13H13N5O. The largest absolute Gasteiger partial charge is 0.319 e. The van der Waals surface area contributed by atoms with Crippen LogP contribution in [-0.2, 0) is 6.54 Å². The molecule has 6 nitrogen and oxygen atoms in total. The molecule has 0 aliphatic carbocycles. The van der Waals surface area contributed by atoms with Crippen molar-refractivity contribution in [2.24, 2.45) is 0 Å². The van der Waals surface area contributed by atoms with Gasteiger partial charge in [0.1, 0.15) is 0 Å². The number of H-pyrrole nitrogens is 1. The van der Waals surface area contributed by atoms with E-state index in [2.05, 4.69) is 20.6 Å². The number of nitrogens with one attached hydrogen (secondary N) is 2. The van der Waals surface area contributed by atoms with E-state index in [0.29, 0.717) is 11.3 Å². The van der Waals surface area contributed by atoms with E-state index in [1.165, 1.54) is 0 Å². The summed E-state index contributed by atoms with van der Waals surface area (Å²) in [7, 11) is 0. The van der Waals surface area contributed by atoms with Gasteiger partial charge in [-0.3, -0.25) is 14.6 Å². The SMILES string of the molecule is CCn1cc(NC(=O)c2ccc3cn[nH]c3c2)cn1. The van der Waals surface area contributed by atoms with Crippen molar-refractivity contribution >= 4 is 22.5 Å². The molecule has 0 radical (unpaired) electrons. The molecule has 1 amide bonds. The number of fused-ring (bicyclic) bond motifs is 1. The van der Waals surface area contributed by atoms with Crippen LogP contribution in [0.15, 0.2) is 36.8 Å². The van der Waals surface area contributed by atoms with Crippen LogP contribution in [0, 0.1) is 0 Å². The van der Waals surface area contributed by atoms with E-state index in [1.54, 1.807) is 35.4 Å². The maximum atomic E-state index is 12.1. The van der Waals surface area contributed by atoms with E-state index in [9.17, 15) is 4.79 Å². The fourth-order valence-electron chi connectivity index (χ4n) is 1.88. The number of amides is 1. The Kier molecular flexibility index (Phi) is 2.75. The van der Waals surface area contributed by atoms with Gasteiger partial charge in [0.05, 0.1) is 23.6 Å². The summed E-state index contributed by atoms with van der Waals surface area (Å²) in [4.78, 5) is 12.1. The highest BCUT2D eigenvalue weighted by Crippen LogP contribution is 2.14. The fraction of sp³-hybridized carbons (Fsp3) is 0.154. The Morgan fingerprint density at radius 1 is 1.42 bits per heavy atom. The number of nitrogens with zero attached hydrogens (tertiary/aromatic N) is 3. The summed E-state index contributed by atoms with van der Waals surface area (Å²) >= 11 is 0. The van der Waals surface area contributed by atoms with Gasteiger partial charge in [0.15, 0.2) is 0 Å². The maximum Gasteiger partial charge on any atom is 0.255 e. The molecular weight excluding hydrogens is 242 g/mol. The predicted octanol–water partition coefficient (Wildman–Crippen LogP) is 2.03. The predicted molar refractivity (Wildman–Crippen MR) is 71.9 cm³/mol. The highest BCUT2D eigenvalue weighted by molar-refractivity contribution is 6.05. The van der Waals surface area contributed by atoms with Crippen LogP contribution in [0.1, 0.15) is 17.3 Å². The van der Waals surface area contributed by atoms with E-state index in [0.717, 1.165) is 17.4 Å². The van der Waals surface area contributed by atoms with E-state index in [4.69, 9.17) is 0 Å². The molecule has 2 aromatic heterocycles. The Labute approximate surface area is 109 Å². The van der Waals surface area contributed by atoms with Gasteiger partial charge < -0.3 is 5.32 Å². The molecule has 0 spiro atoms. The topological polar surface area (TPSA) is 75.6 Å². The van der Waals surface area contributed by atoms with Crippen molar-refractivity contribution in [1.82, 2.24) is 20.0 Å². The zero-order valence-electron chi connectivity index (χ0n) is 10.4. The Balaban J connectivity index is 1.82. The van der Waals surface area contributed by atoms with Crippen LogP contribution in [0.3, 0.4) is 0 Å². The quantitative estimate of drug-likeness (QED) is 0.752. The maximum absolute atomic E-state index is 12.1. The van der Waals surface area contributed by atoms with Gasteiger partial charge in [0.2, 0.25) is 0 Å². The Bertz CT molecular complexity index is 727. The van der Waals surface area contributed by atoms with Crippen molar-refractivity contribution in [3.8, 4) is 0 Å². The van der Waals surface area contributed by atoms with Crippen LogP contribution in [0.5, 0.6) is 0 Å². The summed E-state index contributed by atoms with van der Waals surface area (Å²) in [6, 6.07) is 5.42. The number of rotatable bonds is 3. The van der Waals surface area contributed by atoms with Crippen molar-refractivity contribution in [2.75, 3.05) is 5.32 Å². The molecule has 19 heavy (non-hydrogen) atoms. The van der Waals surface area contributed by atoms with E-state index in [1.807, 2.05) is 13.0 Å². The molecule has 0 aliphatic rings. The normalized spacial score (nSPS) is 10.8. The van der Waals surface area contributed by atoms with Gasteiger partial charge >= 0.3 is 0 Å². The van der Waals surface area contributed by atoms with Crippen molar-refractivity contribution in [2.45, 2.75) is 13.5 Å². The lowest BCUT2D eigenvalue weighted by Gasteiger charge is -2.02. The van der Waals surface area contributed by atoms with Crippen LogP contribution in [-0.4, -0.2) is 25.9 Å². The van der Waals surface area contributed by atoms with Crippen molar-refractivity contribution in [3.63, 3.8) is 0 Å². The minimum absolute atomic E-state index is 0.160. The Hall–Kier alpha value is -2.63. The summed E-state index contributed by atoms with van der Waals surface area (Å²) in [6.07, 6.45) is 5.16. The molecule has 0 fully saturated rings. The average molecular weight is 255 g/mol. The lowest BCUT2D eigenvalue weighted by atomic mass is 10.1. The van der Waals surface area contributed by atoms with Gasteiger partial charge in [0, 0.05) is 23.7 Å². The van der Waals surface area contributed by atoms with Gasteiger partial charge in [-0.25, -0.2) is 0 Å². The minimum atomic E-state index is -0.160. The van der Waals surface area contributed by atoms with E-state index < -0.39 is 0 Å². The number of aryl methyl sites for hydroxylation is 1. The van der Waals surface area contributed by atoms with Crippen LogP contribution in [0.25, 0.3) is 10.9 Å². The lowest BCUT2D eigenvalue weighted by molar-refractivity contribution is 0.102. The highest BCUT2D eigenvalue weighted by Gasteiger charge is 2.08. The molecule has 0 aliphatic heterocycles. The van der Waals surface area contributed by atoms with Crippen molar-refractivity contribution in [1.29, 1.82) is 0 Å². The Morgan fingerprint density at radius 2 is 2.32 bits per heavy atom. The Morgan fingerprint density at radius 3 is 3.11 bits per heavy atom. The number of aromatic nitrogens is 4. The van der Waals surface area contributed by atoms with Gasteiger partial charge in [-0.05, 0) is 19.1 Å². The number of carbonyl (C=O) groups excluding carboxylic acids is 1. The molecule has 2 N–H and O–H groups in total. The van der Waals surface area contributed by atoms with Crippen LogP contribution in [0.4, 0.5) is 5.69 Å². The molecule has 3 rings (SSSR count). The number of hydrogen-bond donors (Lipinski definition) is 2. The highest BCUT2D eigenvalue weighted by atomic mass is 16.1. The van der Waals surface area contributed by atoms with Crippen molar-refractivity contribution in [3.05, 3.63) is 42.4 Å². The smallest absolute Gasteiger partial charge is 0.255 e. The first-order chi connectivity index (χ1) is 9.26. The zero-order valence-corrected chi connectivity index (χ0v) is 10.4. The molecule has 6 heteroatoms. The minimum Gasteiger partial charge on any atom is -0.319 e. The van der Waals surface area contributed by atoms with Gasteiger partial charge in [0.25, 0.3) is 5.91 Å². The number of carbonyl (C=O) groups is 1. The second-order valence-corrected chi connectivity index (χ2v) is 4.21. The van der Waals surface area contributed by atoms with Crippen LogP contribution in [0.2, 0.25) is 0 Å². The number of benzene rings is 1.